The fourth-order valence-corrected chi connectivity index (χ4v) is 3.53. The van der Waals surface area contributed by atoms with Crippen LogP contribution in [0, 0.1) is 5.41 Å². The van der Waals surface area contributed by atoms with Crippen molar-refractivity contribution >= 4 is 27.3 Å². The molecule has 3 rings (SSSR count). The van der Waals surface area contributed by atoms with Gasteiger partial charge in [0.15, 0.2) is 0 Å². The summed E-state index contributed by atoms with van der Waals surface area (Å²) in [5.74, 6) is 0.0763. The Morgan fingerprint density at radius 1 is 1.42 bits per heavy atom. The van der Waals surface area contributed by atoms with E-state index in [-0.39, 0.29) is 12.5 Å². The highest BCUT2D eigenvalue weighted by Gasteiger charge is 2.50. The Morgan fingerprint density at radius 3 is 2.79 bits per heavy atom. The van der Waals surface area contributed by atoms with E-state index in [1.807, 2.05) is 19.2 Å². The highest BCUT2D eigenvalue weighted by atomic mass is 32.1. The lowest BCUT2D eigenvalue weighted by Gasteiger charge is -2.21. The number of hydrogen-bond acceptors (Lipinski definition) is 3. The summed E-state index contributed by atoms with van der Waals surface area (Å²) in [6.07, 6.45) is 1.64. The summed E-state index contributed by atoms with van der Waals surface area (Å²) in [6, 6.07) is 10.4. The van der Waals surface area contributed by atoms with Crippen molar-refractivity contribution in [3.63, 3.8) is 0 Å². The average molecular weight is 275 g/mol. The zero-order valence-electron chi connectivity index (χ0n) is 10.9. The summed E-state index contributed by atoms with van der Waals surface area (Å²) in [5.41, 5.74) is -0.467. The standard InChI is InChI=1S/C15H17NO2S/c1-16(14(18)15(10-17)6-7-15)9-12-8-11-4-2-3-5-13(11)19-12/h2-5,8,17H,6-7,9-10H2,1H3. The lowest BCUT2D eigenvalue weighted by atomic mass is 10.1. The van der Waals surface area contributed by atoms with E-state index in [1.165, 1.54) is 15.0 Å². The minimum absolute atomic E-state index is 0.0252. The molecule has 1 saturated carbocycles. The topological polar surface area (TPSA) is 40.5 Å². The number of amides is 1. The van der Waals surface area contributed by atoms with Crippen LogP contribution in [0.4, 0.5) is 0 Å². The van der Waals surface area contributed by atoms with Gasteiger partial charge in [-0.15, -0.1) is 11.3 Å². The Labute approximate surface area is 116 Å². The minimum Gasteiger partial charge on any atom is -0.395 e. The van der Waals surface area contributed by atoms with E-state index in [1.54, 1.807) is 16.2 Å². The van der Waals surface area contributed by atoms with Crippen molar-refractivity contribution in [3.05, 3.63) is 35.2 Å². The monoisotopic (exact) mass is 275 g/mol. The molecule has 1 heterocycles. The SMILES string of the molecule is CN(Cc1cc2ccccc2s1)C(=O)C1(CO)CC1. The molecule has 4 heteroatoms. The summed E-state index contributed by atoms with van der Waals surface area (Å²) in [5, 5.41) is 10.5. The molecule has 100 valence electrons. The van der Waals surface area contributed by atoms with Crippen LogP contribution in [-0.4, -0.2) is 29.6 Å². The number of fused-ring (bicyclic) bond motifs is 1. The molecule has 0 aliphatic heterocycles. The predicted molar refractivity (Wildman–Crippen MR) is 77.1 cm³/mol. The molecule has 0 unspecified atom stereocenters. The van der Waals surface area contributed by atoms with Crippen molar-refractivity contribution in [3.8, 4) is 0 Å². The maximum atomic E-state index is 12.2. The van der Waals surface area contributed by atoms with Gasteiger partial charge < -0.3 is 10.0 Å². The van der Waals surface area contributed by atoms with Crippen LogP contribution in [0.2, 0.25) is 0 Å². The minimum atomic E-state index is -0.467. The lowest BCUT2D eigenvalue weighted by molar-refractivity contribution is -0.137. The number of aliphatic hydroxyl groups excluding tert-OH is 1. The molecule has 0 radical (unpaired) electrons. The van der Waals surface area contributed by atoms with Gasteiger partial charge in [0.25, 0.3) is 0 Å². The van der Waals surface area contributed by atoms with Gasteiger partial charge in [0.05, 0.1) is 18.6 Å². The van der Waals surface area contributed by atoms with Crippen molar-refractivity contribution in [2.75, 3.05) is 13.7 Å². The van der Waals surface area contributed by atoms with Crippen molar-refractivity contribution in [1.29, 1.82) is 0 Å². The summed E-state index contributed by atoms with van der Waals surface area (Å²) in [6.45, 7) is 0.600. The fourth-order valence-electron chi connectivity index (χ4n) is 2.42. The van der Waals surface area contributed by atoms with Crippen LogP contribution in [0.3, 0.4) is 0 Å². The molecule has 0 atom stereocenters. The molecule has 1 amide bonds. The molecule has 1 aromatic heterocycles. The van der Waals surface area contributed by atoms with Crippen LogP contribution >= 0.6 is 11.3 Å². The highest BCUT2D eigenvalue weighted by Crippen LogP contribution is 2.46. The van der Waals surface area contributed by atoms with Crippen LogP contribution < -0.4 is 0 Å². The summed E-state index contributed by atoms with van der Waals surface area (Å²) >= 11 is 1.73. The van der Waals surface area contributed by atoms with Crippen LogP contribution in [-0.2, 0) is 11.3 Å². The third-order valence-corrected chi connectivity index (χ3v) is 4.93. The number of rotatable bonds is 4. The van der Waals surface area contributed by atoms with Gasteiger partial charge in [0.2, 0.25) is 5.91 Å². The molecule has 1 fully saturated rings. The molecule has 1 aliphatic rings. The normalized spacial score (nSPS) is 16.5. The number of aliphatic hydroxyl groups is 1. The van der Waals surface area contributed by atoms with Crippen LogP contribution in [0.25, 0.3) is 10.1 Å². The fraction of sp³-hybridized carbons (Fsp3) is 0.400. The summed E-state index contributed by atoms with van der Waals surface area (Å²) in [4.78, 5) is 15.2. The second-order valence-corrected chi connectivity index (χ2v) is 6.52. The van der Waals surface area contributed by atoms with E-state index in [0.29, 0.717) is 6.54 Å². The van der Waals surface area contributed by atoms with Gasteiger partial charge in [-0.2, -0.15) is 0 Å². The zero-order chi connectivity index (χ0) is 13.5. The third-order valence-electron chi connectivity index (χ3n) is 3.83. The Bertz CT molecular complexity index is 582. The first kappa shape index (κ1) is 12.6. The molecule has 19 heavy (non-hydrogen) atoms. The Kier molecular flexibility index (Phi) is 3.07. The molecule has 0 saturated heterocycles. The second-order valence-electron chi connectivity index (χ2n) is 5.35. The van der Waals surface area contributed by atoms with E-state index in [4.69, 9.17) is 0 Å². The largest absolute Gasteiger partial charge is 0.395 e. The van der Waals surface area contributed by atoms with E-state index < -0.39 is 5.41 Å². The highest BCUT2D eigenvalue weighted by molar-refractivity contribution is 7.19. The summed E-state index contributed by atoms with van der Waals surface area (Å²) in [7, 11) is 1.82. The number of thiophene rings is 1. The van der Waals surface area contributed by atoms with Crippen molar-refractivity contribution in [2.45, 2.75) is 19.4 Å². The Balaban J connectivity index is 1.75. The lowest BCUT2D eigenvalue weighted by Crippen LogP contribution is -2.35. The van der Waals surface area contributed by atoms with Gasteiger partial charge in [-0.3, -0.25) is 4.79 Å². The average Bonchev–Trinajstić information content (AvgIpc) is 3.11. The van der Waals surface area contributed by atoms with Gasteiger partial charge in [0, 0.05) is 16.6 Å². The number of carbonyl (C=O) groups excluding carboxylic acids is 1. The first-order valence-electron chi connectivity index (χ1n) is 6.48. The maximum absolute atomic E-state index is 12.2. The number of carbonyl (C=O) groups is 1. The van der Waals surface area contributed by atoms with Crippen molar-refractivity contribution < 1.29 is 9.90 Å². The van der Waals surface area contributed by atoms with E-state index in [0.717, 1.165) is 12.8 Å². The molecule has 0 bridgehead atoms. The van der Waals surface area contributed by atoms with Gasteiger partial charge >= 0.3 is 0 Å². The first-order valence-corrected chi connectivity index (χ1v) is 7.30. The van der Waals surface area contributed by atoms with E-state index in [9.17, 15) is 9.90 Å². The number of nitrogens with zero attached hydrogens (tertiary/aromatic N) is 1. The van der Waals surface area contributed by atoms with Gasteiger partial charge in [-0.05, 0) is 30.4 Å². The van der Waals surface area contributed by atoms with Gasteiger partial charge in [0.1, 0.15) is 0 Å². The van der Waals surface area contributed by atoms with E-state index >= 15 is 0 Å². The zero-order valence-corrected chi connectivity index (χ0v) is 11.7. The second kappa shape index (κ2) is 4.62. The molecular weight excluding hydrogens is 258 g/mol. The van der Waals surface area contributed by atoms with Crippen molar-refractivity contribution in [2.24, 2.45) is 5.41 Å². The Morgan fingerprint density at radius 2 is 2.16 bits per heavy atom. The molecule has 1 aliphatic carbocycles. The van der Waals surface area contributed by atoms with Crippen molar-refractivity contribution in [1.82, 2.24) is 4.90 Å². The number of benzene rings is 1. The summed E-state index contributed by atoms with van der Waals surface area (Å²) < 4.78 is 1.25. The van der Waals surface area contributed by atoms with Gasteiger partial charge in [-0.1, -0.05) is 18.2 Å². The van der Waals surface area contributed by atoms with Crippen LogP contribution in [0.1, 0.15) is 17.7 Å². The van der Waals surface area contributed by atoms with Crippen LogP contribution in [0.5, 0.6) is 0 Å². The molecule has 2 aromatic rings. The smallest absolute Gasteiger partial charge is 0.231 e. The Hall–Kier alpha value is -1.39. The molecule has 1 N–H and O–H groups in total. The molecular formula is C15H17NO2S. The third kappa shape index (κ3) is 2.26. The van der Waals surface area contributed by atoms with E-state index in [2.05, 4.69) is 18.2 Å². The molecule has 1 aromatic carbocycles. The maximum Gasteiger partial charge on any atom is 0.231 e. The molecule has 0 spiro atoms. The first-order chi connectivity index (χ1) is 9.14. The molecule has 3 nitrogen and oxygen atoms in total. The quantitative estimate of drug-likeness (QED) is 0.932. The number of hydrogen-bond donors (Lipinski definition) is 1. The predicted octanol–water partition coefficient (Wildman–Crippen LogP) is 2.63. The van der Waals surface area contributed by atoms with Crippen LogP contribution in [0.15, 0.2) is 30.3 Å². The van der Waals surface area contributed by atoms with Gasteiger partial charge in [-0.25, -0.2) is 0 Å².